The first-order chi connectivity index (χ1) is 47.8. The molecule has 6 aromatic rings. The number of alkyl carbamates (subject to hydrolysis) is 2. The molecule has 562 valence electrons. The Bertz CT molecular complexity index is 4440. The van der Waals surface area contributed by atoms with Gasteiger partial charge in [-0.15, -0.1) is 0 Å². The Morgan fingerprint density at radius 2 is 0.942 bits per heavy atom. The van der Waals surface area contributed by atoms with E-state index < -0.39 is 72.4 Å². The number of nitrogens with one attached hydrogen (secondary N) is 4. The van der Waals surface area contributed by atoms with Crippen molar-refractivity contribution in [2.45, 2.75) is 192 Å². The Kier molecular flexibility index (Phi) is 25.7. The van der Waals surface area contributed by atoms with Gasteiger partial charge in [0, 0.05) is 109 Å². The van der Waals surface area contributed by atoms with Gasteiger partial charge in [0.25, 0.3) is 11.8 Å². The fourth-order valence-corrected chi connectivity index (χ4v) is 17.5. The molecule has 6 aliphatic rings. The number of carboxylic acids is 1. The van der Waals surface area contributed by atoms with Crippen LogP contribution in [0.1, 0.15) is 211 Å². The van der Waals surface area contributed by atoms with Gasteiger partial charge < -0.3 is 59.5 Å². The van der Waals surface area contributed by atoms with E-state index in [0.717, 1.165) is 121 Å². The molecule has 0 radical (unpaired) electrons. The first-order valence-corrected chi connectivity index (χ1v) is 38.2. The number of fused-ring (bicyclic) bond motifs is 14. The second-order valence-corrected chi connectivity index (χ2v) is 33.7. The first kappa shape index (κ1) is 82.0. The zero-order valence-corrected chi connectivity index (χ0v) is 63.6. The fourth-order valence-electron chi connectivity index (χ4n) is 15.7. The van der Waals surface area contributed by atoms with Crippen molar-refractivity contribution >= 4 is 78.2 Å². The standard InChI is InChI=1S/C38H50N4O8S.C37H48N4O8S.Li.2H2O/c1-37(2,3)50-36(45)39-18-10-11-19-41(4)51(46,47)40-34(43)25-14-16-28-31(20-25)42-23-38(35(44)49-6)22-30(38)29-21-26(48-5)15-17-27(29)33(42)32(28)24-12-8-7-9-13-24;1-36(2,3)49-35(45)38-17-9-10-18-40(4)50(46,47)39-33(42)24-13-15-27-30(19-24)41-22-37(34(43)44)21-29(37)28-20-25(48-5)14-16-26(28)32(41)31(27)23-11-7-6-8-12-23;;;/h14-17,20-21,24,30H,7-13,18-19,22-23H2,1-6H3,(H,39,45)(H,40,43);13-16,19-20,23,29H,6-12,17-18,21-22H2,1-5H3,(H,38,45)(H,39,42)(H,43,44);;2*1H2/q;;+1;;/p-1. The van der Waals surface area contributed by atoms with Crippen LogP contribution in [0.4, 0.5) is 9.59 Å². The van der Waals surface area contributed by atoms with Crippen molar-refractivity contribution in [3.63, 3.8) is 0 Å². The molecule has 4 aliphatic carbocycles. The van der Waals surface area contributed by atoms with Gasteiger partial charge in [-0.1, -0.05) is 50.7 Å². The minimum Gasteiger partial charge on any atom is -0.870 e. The number of rotatable bonds is 22. The van der Waals surface area contributed by atoms with E-state index in [2.05, 4.69) is 35.3 Å². The normalized spacial score (nSPS) is 19.6. The molecule has 0 saturated heterocycles. The van der Waals surface area contributed by atoms with Crippen molar-refractivity contribution < 1.29 is 104 Å². The van der Waals surface area contributed by atoms with Crippen molar-refractivity contribution in [1.82, 2.24) is 37.8 Å². The molecule has 8 N–H and O–H groups in total. The quantitative estimate of drug-likeness (QED) is 0.0184. The van der Waals surface area contributed by atoms with Gasteiger partial charge in [0.2, 0.25) is 0 Å². The van der Waals surface area contributed by atoms with Crippen LogP contribution in [-0.4, -0.2) is 159 Å². The average Bonchev–Trinajstić information content (AvgIpc) is 1.53. The van der Waals surface area contributed by atoms with Crippen molar-refractivity contribution in [3.8, 4) is 34.0 Å². The van der Waals surface area contributed by atoms with Crippen LogP contribution in [0.5, 0.6) is 11.5 Å². The topological polar surface area (TPSA) is 363 Å². The van der Waals surface area contributed by atoms with Gasteiger partial charge in [-0.05, 0) is 201 Å². The molecule has 4 heterocycles. The second kappa shape index (κ2) is 32.6. The number of methoxy groups -OCH3 is 3. The summed E-state index contributed by atoms with van der Waals surface area (Å²) in [6.07, 6.45) is 13.0. The molecule has 4 aromatic carbocycles. The summed E-state index contributed by atoms with van der Waals surface area (Å²) in [5.41, 5.74) is 7.43. The van der Waals surface area contributed by atoms with E-state index in [1.165, 1.54) is 45.2 Å². The Hall–Kier alpha value is -7.68. The third kappa shape index (κ3) is 17.2. The van der Waals surface area contributed by atoms with Gasteiger partial charge in [-0.3, -0.25) is 19.2 Å². The number of benzene rings is 4. The van der Waals surface area contributed by atoms with Crippen LogP contribution in [0.15, 0.2) is 72.8 Å². The molecule has 0 bridgehead atoms. The number of ether oxygens (including phenoxy) is 5. The number of carbonyl (C=O) groups is 6. The molecule has 26 nitrogen and oxygen atoms in total. The summed E-state index contributed by atoms with van der Waals surface area (Å²) in [7, 11) is -0.844. The number of aliphatic carboxylic acids is 1. The number of hydrogen-bond acceptors (Lipinski definition) is 16. The summed E-state index contributed by atoms with van der Waals surface area (Å²) in [6.45, 7) is 12.2. The van der Waals surface area contributed by atoms with Crippen LogP contribution < -0.4 is 48.4 Å². The van der Waals surface area contributed by atoms with E-state index in [4.69, 9.17) is 23.7 Å². The zero-order valence-electron chi connectivity index (χ0n) is 61.9. The predicted molar refractivity (Wildman–Crippen MR) is 389 cm³/mol. The zero-order chi connectivity index (χ0) is 72.7. The number of nitrogens with zero attached hydrogens (tertiary/aromatic N) is 4. The Balaban J connectivity index is 0.000000256. The molecule has 12 rings (SSSR count). The minimum atomic E-state index is -4.17. The molecule has 29 heteroatoms. The maximum atomic E-state index is 13.6. The summed E-state index contributed by atoms with van der Waals surface area (Å²) < 4.78 is 90.7. The van der Waals surface area contributed by atoms with Crippen LogP contribution in [0.25, 0.3) is 44.3 Å². The van der Waals surface area contributed by atoms with Crippen molar-refractivity contribution in [3.05, 3.63) is 106 Å². The monoisotopic (exact) mass is 1470 g/mol. The summed E-state index contributed by atoms with van der Waals surface area (Å²) in [5.74, 6) is -0.833. The van der Waals surface area contributed by atoms with E-state index in [0.29, 0.717) is 69.8 Å². The molecule has 0 spiro atoms. The average molecular weight is 1470 g/mol. The third-order valence-electron chi connectivity index (χ3n) is 21.0. The Morgan fingerprint density at radius 1 is 0.558 bits per heavy atom. The number of carbonyl (C=O) groups excluding carboxylic acids is 5. The molecule has 2 aliphatic heterocycles. The van der Waals surface area contributed by atoms with E-state index >= 15 is 0 Å². The summed E-state index contributed by atoms with van der Waals surface area (Å²) in [5, 5.41) is 17.8. The van der Waals surface area contributed by atoms with Crippen molar-refractivity contribution in [2.75, 3.05) is 61.6 Å². The number of unbranched alkanes of at least 4 members (excludes halogenated alkanes) is 2. The van der Waals surface area contributed by atoms with E-state index in [1.54, 1.807) is 80.0 Å². The van der Waals surface area contributed by atoms with Crippen LogP contribution in [0, 0.1) is 10.8 Å². The molecule has 4 unspecified atom stereocenters. The van der Waals surface area contributed by atoms with Gasteiger partial charge in [0.1, 0.15) is 22.7 Å². The van der Waals surface area contributed by atoms with E-state index in [9.17, 15) is 50.7 Å². The van der Waals surface area contributed by atoms with Crippen molar-refractivity contribution in [1.29, 1.82) is 0 Å². The molecule has 4 fully saturated rings. The summed E-state index contributed by atoms with van der Waals surface area (Å²) in [4.78, 5) is 77.2. The number of amides is 4. The second-order valence-electron chi connectivity index (χ2n) is 30.1. The Labute approximate surface area is 621 Å². The predicted octanol–water partition coefficient (Wildman–Crippen LogP) is 8.39. The van der Waals surface area contributed by atoms with Gasteiger partial charge >= 0.3 is 63.4 Å². The minimum absolute atomic E-state index is 0. The number of aromatic nitrogens is 2. The van der Waals surface area contributed by atoms with Gasteiger partial charge in [-0.2, -0.15) is 25.4 Å². The molecular weight excluding hydrogens is 1370 g/mol. The smallest absolute Gasteiger partial charge is 0.870 e. The van der Waals surface area contributed by atoms with Crippen LogP contribution in [0.3, 0.4) is 0 Å². The number of hydrogen-bond donors (Lipinski definition) is 5. The van der Waals surface area contributed by atoms with Gasteiger partial charge in [0.05, 0.1) is 43.5 Å². The maximum absolute atomic E-state index is 13.6. The first-order valence-electron chi connectivity index (χ1n) is 35.4. The summed E-state index contributed by atoms with van der Waals surface area (Å²) >= 11 is 0. The SMILES string of the molecule is COC(=O)C12CC1c1cc(OC)ccc1-c1c(C3CCCCC3)c3ccc(C(=O)NS(=O)(=O)N(C)CCCCNC(=O)OC(C)(C)C)cc3n1C2.COc1ccc2c(c1)C1CC1(C(=O)O)Cn1c-2c(C2CCCCC2)c2ccc(C(=O)NS(=O)(=O)N(C)CCCCNC(=O)OC(C)(C)C)cc21.O.[Li+].[OH-]. The van der Waals surface area contributed by atoms with Crippen LogP contribution >= 0.6 is 0 Å². The molecule has 104 heavy (non-hydrogen) atoms. The third-order valence-corrected chi connectivity index (χ3v) is 23.9. The van der Waals surface area contributed by atoms with Crippen molar-refractivity contribution in [2.24, 2.45) is 10.8 Å². The molecule has 4 atom stereocenters. The molecule has 4 saturated carbocycles. The maximum Gasteiger partial charge on any atom is 1.00 e. The molecular formula is C75H101LiN8O18S2. The number of esters is 1. The number of carboxylic acid groups (broad SMARTS) is 1. The largest absolute Gasteiger partial charge is 1.00 e. The van der Waals surface area contributed by atoms with Crippen LogP contribution in [-0.2, 0) is 57.3 Å². The van der Waals surface area contributed by atoms with E-state index in [-0.39, 0.29) is 84.3 Å². The van der Waals surface area contributed by atoms with Gasteiger partial charge in [0.15, 0.2) is 0 Å². The van der Waals surface area contributed by atoms with Gasteiger partial charge in [-0.25, -0.2) is 19.0 Å². The van der Waals surface area contributed by atoms with E-state index in [1.807, 2.05) is 42.5 Å². The summed E-state index contributed by atoms with van der Waals surface area (Å²) in [6, 6.07) is 22.6. The molecule has 2 aromatic heterocycles. The molecule has 4 amide bonds. The van der Waals surface area contributed by atoms with Crippen LogP contribution in [0.2, 0.25) is 0 Å². The Morgan fingerprint density at radius 3 is 1.32 bits per heavy atom. The fraction of sp³-hybridized carbons (Fsp3) is 0.547.